The number of aliphatic imine (C=N–C) groups is 1. The molecule has 0 saturated carbocycles. The van der Waals surface area contributed by atoms with Gasteiger partial charge in [0.2, 0.25) is 5.91 Å². The molecule has 6 nitrogen and oxygen atoms in total. The van der Waals surface area contributed by atoms with E-state index >= 15 is 0 Å². The second kappa shape index (κ2) is 11.3. The molecule has 0 unspecified atom stereocenters. The Balaban J connectivity index is 2.21. The molecule has 1 fully saturated rings. The average molecular weight is 311 g/mol. The van der Waals surface area contributed by atoms with Crippen LogP contribution in [0.25, 0.3) is 0 Å². The molecule has 0 aliphatic carbocycles. The van der Waals surface area contributed by atoms with Gasteiger partial charge in [0.05, 0.1) is 0 Å². The van der Waals surface area contributed by atoms with Crippen molar-refractivity contribution in [1.82, 2.24) is 20.4 Å². The van der Waals surface area contributed by atoms with Crippen LogP contribution in [0.15, 0.2) is 4.99 Å². The van der Waals surface area contributed by atoms with Crippen molar-refractivity contribution in [1.29, 1.82) is 0 Å². The first-order valence-corrected chi connectivity index (χ1v) is 8.67. The number of rotatable bonds is 8. The Bertz CT molecular complexity index is 337. The van der Waals surface area contributed by atoms with Crippen LogP contribution in [-0.2, 0) is 4.79 Å². The maximum Gasteiger partial charge on any atom is 0.219 e. The van der Waals surface area contributed by atoms with Crippen LogP contribution < -0.4 is 10.6 Å². The number of amides is 1. The maximum absolute atomic E-state index is 11.3. The molecular formula is C16H33N5O. The van der Waals surface area contributed by atoms with Gasteiger partial charge in [0, 0.05) is 59.3 Å². The molecule has 1 rings (SSSR count). The van der Waals surface area contributed by atoms with Crippen LogP contribution >= 0.6 is 0 Å². The lowest BCUT2D eigenvalue weighted by atomic mass is 10.2. The molecule has 2 N–H and O–H groups in total. The van der Waals surface area contributed by atoms with E-state index in [1.165, 1.54) is 12.8 Å². The first-order valence-electron chi connectivity index (χ1n) is 8.67. The van der Waals surface area contributed by atoms with Crippen LogP contribution in [0.4, 0.5) is 0 Å². The molecule has 128 valence electrons. The smallest absolute Gasteiger partial charge is 0.219 e. The van der Waals surface area contributed by atoms with E-state index in [-0.39, 0.29) is 5.91 Å². The number of hydrogen-bond donors (Lipinski definition) is 2. The van der Waals surface area contributed by atoms with Gasteiger partial charge in [-0.2, -0.15) is 0 Å². The topological polar surface area (TPSA) is 60.0 Å². The van der Waals surface area contributed by atoms with E-state index < -0.39 is 0 Å². The van der Waals surface area contributed by atoms with Gasteiger partial charge in [-0.3, -0.25) is 14.7 Å². The van der Waals surface area contributed by atoms with E-state index in [0.29, 0.717) is 0 Å². The van der Waals surface area contributed by atoms with Gasteiger partial charge < -0.3 is 15.5 Å². The van der Waals surface area contributed by atoms with Gasteiger partial charge in [-0.25, -0.2) is 0 Å². The molecule has 0 aromatic heterocycles. The number of hydrogen-bond acceptors (Lipinski definition) is 3. The lowest BCUT2D eigenvalue weighted by molar-refractivity contribution is -0.130. The Labute approximate surface area is 135 Å². The molecule has 0 bridgehead atoms. The highest BCUT2D eigenvalue weighted by Gasteiger charge is 2.17. The van der Waals surface area contributed by atoms with Crippen LogP contribution in [0.2, 0.25) is 0 Å². The molecule has 1 heterocycles. The van der Waals surface area contributed by atoms with Crippen molar-refractivity contribution in [3.05, 3.63) is 0 Å². The van der Waals surface area contributed by atoms with E-state index in [0.717, 1.165) is 64.7 Å². The number of piperazine rings is 1. The Morgan fingerprint density at radius 1 is 1.09 bits per heavy atom. The molecule has 0 aromatic rings. The van der Waals surface area contributed by atoms with E-state index in [1.807, 2.05) is 4.90 Å². The second-order valence-corrected chi connectivity index (χ2v) is 5.74. The van der Waals surface area contributed by atoms with E-state index in [2.05, 4.69) is 34.4 Å². The lowest BCUT2D eigenvalue weighted by Gasteiger charge is -2.34. The number of carbonyl (C=O) groups is 1. The van der Waals surface area contributed by atoms with Crippen molar-refractivity contribution in [3.63, 3.8) is 0 Å². The second-order valence-electron chi connectivity index (χ2n) is 5.74. The Hall–Kier alpha value is -1.30. The zero-order valence-electron chi connectivity index (χ0n) is 14.5. The van der Waals surface area contributed by atoms with Crippen LogP contribution in [-0.4, -0.2) is 74.0 Å². The van der Waals surface area contributed by atoms with Crippen molar-refractivity contribution in [2.75, 3.05) is 52.4 Å². The van der Waals surface area contributed by atoms with Crippen LogP contribution in [0.1, 0.15) is 40.0 Å². The average Bonchev–Trinajstić information content (AvgIpc) is 2.52. The molecule has 0 spiro atoms. The largest absolute Gasteiger partial charge is 0.357 e. The molecular weight excluding hydrogens is 278 g/mol. The molecule has 22 heavy (non-hydrogen) atoms. The highest BCUT2D eigenvalue weighted by Crippen LogP contribution is 2.01. The molecule has 0 radical (unpaired) electrons. The molecule has 1 amide bonds. The number of carbonyl (C=O) groups excluding carboxylic acids is 1. The van der Waals surface area contributed by atoms with E-state index in [4.69, 9.17) is 0 Å². The summed E-state index contributed by atoms with van der Waals surface area (Å²) in [5, 5.41) is 6.68. The van der Waals surface area contributed by atoms with Crippen LogP contribution in [0.3, 0.4) is 0 Å². The normalized spacial score (nSPS) is 16.7. The van der Waals surface area contributed by atoms with Crippen molar-refractivity contribution in [3.8, 4) is 0 Å². The van der Waals surface area contributed by atoms with Gasteiger partial charge in [0.25, 0.3) is 0 Å². The van der Waals surface area contributed by atoms with Crippen LogP contribution in [0.5, 0.6) is 0 Å². The first kappa shape index (κ1) is 18.7. The summed E-state index contributed by atoms with van der Waals surface area (Å²) in [4.78, 5) is 20.2. The summed E-state index contributed by atoms with van der Waals surface area (Å²) in [6.07, 6.45) is 3.62. The summed E-state index contributed by atoms with van der Waals surface area (Å²) in [6.45, 7) is 13.2. The minimum atomic E-state index is 0.186. The fraction of sp³-hybridized carbons (Fsp3) is 0.875. The summed E-state index contributed by atoms with van der Waals surface area (Å²) < 4.78 is 0. The number of nitrogens with zero attached hydrogens (tertiary/aromatic N) is 3. The van der Waals surface area contributed by atoms with Gasteiger partial charge in [-0.15, -0.1) is 0 Å². The highest BCUT2D eigenvalue weighted by atomic mass is 16.2. The minimum Gasteiger partial charge on any atom is -0.357 e. The highest BCUT2D eigenvalue weighted by molar-refractivity contribution is 5.79. The predicted octanol–water partition coefficient (Wildman–Crippen LogP) is 0.896. The molecule has 6 heteroatoms. The standard InChI is InChI=1S/C16H33N5O/c1-4-6-7-8-18-16(17-5-2)19-9-10-20-11-13-21(14-12-20)15(3)22/h4-14H2,1-3H3,(H2,17,18,19). The van der Waals surface area contributed by atoms with Crippen molar-refractivity contribution in [2.24, 2.45) is 4.99 Å². The van der Waals surface area contributed by atoms with Crippen molar-refractivity contribution >= 4 is 11.9 Å². The van der Waals surface area contributed by atoms with E-state index in [1.54, 1.807) is 6.92 Å². The Morgan fingerprint density at radius 2 is 1.82 bits per heavy atom. The van der Waals surface area contributed by atoms with Gasteiger partial charge in [-0.1, -0.05) is 19.8 Å². The zero-order chi connectivity index (χ0) is 16.2. The number of unbranched alkanes of at least 4 members (excludes halogenated alkanes) is 2. The molecule has 1 aliphatic rings. The molecule has 0 atom stereocenters. The first-order chi connectivity index (χ1) is 10.7. The third-order valence-electron chi connectivity index (χ3n) is 3.91. The summed E-state index contributed by atoms with van der Waals surface area (Å²) in [5.74, 6) is 1.10. The summed E-state index contributed by atoms with van der Waals surface area (Å²) in [6, 6.07) is 0. The van der Waals surface area contributed by atoms with Gasteiger partial charge >= 0.3 is 0 Å². The monoisotopic (exact) mass is 311 g/mol. The summed E-state index contributed by atoms with van der Waals surface area (Å²) in [7, 11) is 0. The fourth-order valence-corrected chi connectivity index (χ4v) is 2.51. The predicted molar refractivity (Wildman–Crippen MR) is 92.2 cm³/mol. The number of guanidine groups is 1. The maximum atomic E-state index is 11.3. The van der Waals surface area contributed by atoms with Crippen molar-refractivity contribution in [2.45, 2.75) is 40.0 Å². The third kappa shape index (κ3) is 7.64. The minimum absolute atomic E-state index is 0.186. The zero-order valence-corrected chi connectivity index (χ0v) is 14.5. The van der Waals surface area contributed by atoms with Crippen molar-refractivity contribution < 1.29 is 4.79 Å². The van der Waals surface area contributed by atoms with Gasteiger partial charge in [-0.05, 0) is 13.3 Å². The van der Waals surface area contributed by atoms with E-state index in [9.17, 15) is 4.79 Å². The molecule has 0 aromatic carbocycles. The summed E-state index contributed by atoms with van der Waals surface area (Å²) >= 11 is 0. The van der Waals surface area contributed by atoms with Gasteiger partial charge in [0.15, 0.2) is 5.96 Å². The lowest BCUT2D eigenvalue weighted by Crippen LogP contribution is -2.50. The Kier molecular flexibility index (Phi) is 9.62. The summed E-state index contributed by atoms with van der Waals surface area (Å²) in [5.41, 5.74) is 0. The molecule has 1 aliphatic heterocycles. The molecule has 1 saturated heterocycles. The quantitative estimate of drug-likeness (QED) is 0.397. The third-order valence-corrected chi connectivity index (χ3v) is 3.91. The van der Waals surface area contributed by atoms with Gasteiger partial charge in [0.1, 0.15) is 0 Å². The SMILES string of the molecule is CCCCCN=C(NCC)NCCN1CCN(C(C)=O)CC1. The fourth-order valence-electron chi connectivity index (χ4n) is 2.51. The van der Waals surface area contributed by atoms with Crippen LogP contribution in [0, 0.1) is 0 Å². The number of nitrogens with one attached hydrogen (secondary N) is 2. The Morgan fingerprint density at radius 3 is 2.41 bits per heavy atom.